The lowest BCUT2D eigenvalue weighted by molar-refractivity contribution is 0.587. The van der Waals surface area contributed by atoms with Gasteiger partial charge in [-0.2, -0.15) is 0 Å². The van der Waals surface area contributed by atoms with Crippen LogP contribution in [-0.4, -0.2) is 5.84 Å². The molecule has 0 unspecified atom stereocenters. The van der Waals surface area contributed by atoms with Gasteiger partial charge in [0.2, 0.25) is 0 Å². The van der Waals surface area contributed by atoms with Crippen molar-refractivity contribution in [2.24, 2.45) is 10.7 Å². The van der Waals surface area contributed by atoms with Crippen LogP contribution in [-0.2, 0) is 0 Å². The molecule has 0 aliphatic rings. The third kappa shape index (κ3) is 3.05. The number of amidine groups is 1. The SMILES string of the molecule is Cl.NC(=Nc1c(F)cccc1F)c1ccccc1. The fraction of sp³-hybridized carbons (Fsp3) is 0. The van der Waals surface area contributed by atoms with E-state index in [1.807, 2.05) is 6.07 Å². The summed E-state index contributed by atoms with van der Waals surface area (Å²) in [4.78, 5) is 3.77. The van der Waals surface area contributed by atoms with Gasteiger partial charge in [0, 0.05) is 5.56 Å². The van der Waals surface area contributed by atoms with Crippen LogP contribution in [0.2, 0.25) is 0 Å². The molecule has 2 aromatic carbocycles. The molecule has 0 spiro atoms. The van der Waals surface area contributed by atoms with Gasteiger partial charge in [0.05, 0.1) is 0 Å². The summed E-state index contributed by atoms with van der Waals surface area (Å²) < 4.78 is 26.6. The van der Waals surface area contributed by atoms with Gasteiger partial charge in [0.25, 0.3) is 0 Å². The van der Waals surface area contributed by atoms with E-state index in [1.54, 1.807) is 24.3 Å². The van der Waals surface area contributed by atoms with E-state index in [-0.39, 0.29) is 23.9 Å². The molecule has 0 aliphatic heterocycles. The number of benzene rings is 2. The second kappa shape index (κ2) is 6.12. The molecule has 0 saturated carbocycles. The predicted octanol–water partition coefficient (Wildman–Crippen LogP) is 3.42. The second-order valence-corrected chi connectivity index (χ2v) is 3.43. The molecule has 0 saturated heterocycles. The van der Waals surface area contributed by atoms with Gasteiger partial charge in [-0.1, -0.05) is 36.4 Å². The van der Waals surface area contributed by atoms with E-state index in [0.717, 1.165) is 12.1 Å². The van der Waals surface area contributed by atoms with Gasteiger partial charge in [0.1, 0.15) is 11.5 Å². The molecule has 0 atom stereocenters. The van der Waals surface area contributed by atoms with E-state index in [0.29, 0.717) is 5.56 Å². The van der Waals surface area contributed by atoms with Crippen molar-refractivity contribution in [1.82, 2.24) is 0 Å². The highest BCUT2D eigenvalue weighted by molar-refractivity contribution is 5.99. The minimum Gasteiger partial charge on any atom is -0.383 e. The summed E-state index contributed by atoms with van der Waals surface area (Å²) in [7, 11) is 0. The number of para-hydroxylation sites is 1. The zero-order valence-electron chi connectivity index (χ0n) is 9.31. The Morgan fingerprint density at radius 3 is 2.00 bits per heavy atom. The van der Waals surface area contributed by atoms with E-state index in [4.69, 9.17) is 5.73 Å². The minimum atomic E-state index is -0.733. The Morgan fingerprint density at radius 1 is 0.889 bits per heavy atom. The standard InChI is InChI=1S/C13H10F2N2.ClH/c14-10-7-4-8-11(15)12(10)17-13(16)9-5-2-1-3-6-9;/h1-8H,(H2,16,17);1H. The fourth-order valence-electron chi connectivity index (χ4n) is 1.39. The van der Waals surface area contributed by atoms with Gasteiger partial charge >= 0.3 is 0 Å². The van der Waals surface area contributed by atoms with Crippen molar-refractivity contribution in [3.05, 3.63) is 65.7 Å². The summed E-state index contributed by atoms with van der Waals surface area (Å²) in [5.41, 5.74) is 5.94. The third-order valence-electron chi connectivity index (χ3n) is 2.24. The van der Waals surface area contributed by atoms with Gasteiger partial charge < -0.3 is 5.73 Å². The van der Waals surface area contributed by atoms with E-state index < -0.39 is 11.6 Å². The fourth-order valence-corrected chi connectivity index (χ4v) is 1.39. The van der Waals surface area contributed by atoms with E-state index >= 15 is 0 Å². The Hall–Kier alpha value is -1.94. The van der Waals surface area contributed by atoms with E-state index in [9.17, 15) is 8.78 Å². The number of nitrogens with two attached hydrogens (primary N) is 1. The number of hydrogen-bond acceptors (Lipinski definition) is 1. The molecule has 0 heterocycles. The number of nitrogens with zero attached hydrogens (tertiary/aromatic N) is 1. The largest absolute Gasteiger partial charge is 0.383 e. The van der Waals surface area contributed by atoms with Crippen molar-refractivity contribution < 1.29 is 8.78 Å². The highest BCUT2D eigenvalue weighted by atomic mass is 35.5. The molecular formula is C13H11ClF2N2. The molecule has 0 amide bonds. The molecule has 0 aliphatic carbocycles. The van der Waals surface area contributed by atoms with Gasteiger partial charge in [-0.15, -0.1) is 12.4 Å². The maximum Gasteiger partial charge on any atom is 0.151 e. The van der Waals surface area contributed by atoms with Crippen LogP contribution in [0.1, 0.15) is 5.56 Å². The van der Waals surface area contributed by atoms with Gasteiger partial charge in [-0.25, -0.2) is 13.8 Å². The maximum atomic E-state index is 13.3. The summed E-state index contributed by atoms with van der Waals surface area (Å²) in [6.45, 7) is 0. The van der Waals surface area contributed by atoms with Crippen molar-refractivity contribution in [3.8, 4) is 0 Å². The number of hydrogen-bond donors (Lipinski definition) is 1. The Kier molecular flexibility index (Phi) is 4.80. The third-order valence-corrected chi connectivity index (χ3v) is 2.24. The topological polar surface area (TPSA) is 38.4 Å². The van der Waals surface area contributed by atoms with Gasteiger partial charge in [0.15, 0.2) is 11.6 Å². The van der Waals surface area contributed by atoms with Crippen LogP contribution in [0.25, 0.3) is 0 Å². The normalized spacial score (nSPS) is 10.9. The quantitative estimate of drug-likeness (QED) is 0.658. The average Bonchev–Trinajstić information content (AvgIpc) is 2.35. The average molecular weight is 269 g/mol. The zero-order valence-corrected chi connectivity index (χ0v) is 10.1. The second-order valence-electron chi connectivity index (χ2n) is 3.43. The van der Waals surface area contributed by atoms with Crippen molar-refractivity contribution in [2.45, 2.75) is 0 Å². The van der Waals surface area contributed by atoms with Crippen LogP contribution in [0, 0.1) is 11.6 Å². The highest BCUT2D eigenvalue weighted by Gasteiger charge is 2.08. The van der Waals surface area contributed by atoms with E-state index in [2.05, 4.69) is 4.99 Å². The first-order valence-electron chi connectivity index (χ1n) is 5.02. The molecule has 18 heavy (non-hydrogen) atoms. The van der Waals surface area contributed by atoms with Crippen LogP contribution >= 0.6 is 12.4 Å². The Morgan fingerprint density at radius 2 is 1.44 bits per heavy atom. The first-order valence-corrected chi connectivity index (χ1v) is 5.02. The lowest BCUT2D eigenvalue weighted by Gasteiger charge is -2.02. The number of halogens is 3. The number of rotatable bonds is 2. The summed E-state index contributed by atoms with van der Waals surface area (Å²) in [6.07, 6.45) is 0. The lowest BCUT2D eigenvalue weighted by atomic mass is 10.2. The van der Waals surface area contributed by atoms with Crippen LogP contribution in [0.15, 0.2) is 53.5 Å². The summed E-state index contributed by atoms with van der Waals surface area (Å²) >= 11 is 0. The van der Waals surface area contributed by atoms with Crippen LogP contribution in [0.3, 0.4) is 0 Å². The van der Waals surface area contributed by atoms with Crippen LogP contribution in [0.4, 0.5) is 14.5 Å². The van der Waals surface area contributed by atoms with Gasteiger partial charge in [-0.3, -0.25) is 0 Å². The molecule has 0 bridgehead atoms. The molecule has 2 aromatic rings. The molecule has 94 valence electrons. The van der Waals surface area contributed by atoms with Crippen LogP contribution < -0.4 is 5.73 Å². The molecule has 5 heteroatoms. The lowest BCUT2D eigenvalue weighted by Crippen LogP contribution is -2.12. The summed E-state index contributed by atoms with van der Waals surface area (Å²) in [6, 6.07) is 12.4. The molecule has 2 nitrogen and oxygen atoms in total. The zero-order chi connectivity index (χ0) is 12.3. The molecule has 0 radical (unpaired) electrons. The number of aliphatic imine (C=N–C) groups is 1. The minimum absolute atomic E-state index is 0. The van der Waals surface area contributed by atoms with Crippen molar-refractivity contribution in [2.75, 3.05) is 0 Å². The van der Waals surface area contributed by atoms with Crippen LogP contribution in [0.5, 0.6) is 0 Å². The Bertz CT molecular complexity index is 536. The molecule has 0 fully saturated rings. The highest BCUT2D eigenvalue weighted by Crippen LogP contribution is 2.21. The predicted molar refractivity (Wildman–Crippen MR) is 70.4 cm³/mol. The first kappa shape index (κ1) is 14.1. The molecule has 0 aromatic heterocycles. The smallest absolute Gasteiger partial charge is 0.151 e. The van der Waals surface area contributed by atoms with Crippen molar-refractivity contribution >= 4 is 23.9 Å². The maximum absolute atomic E-state index is 13.3. The monoisotopic (exact) mass is 268 g/mol. The molecular weight excluding hydrogens is 258 g/mol. The van der Waals surface area contributed by atoms with E-state index in [1.165, 1.54) is 6.07 Å². The Balaban J connectivity index is 0.00000162. The van der Waals surface area contributed by atoms with Crippen molar-refractivity contribution in [3.63, 3.8) is 0 Å². The van der Waals surface area contributed by atoms with Gasteiger partial charge in [-0.05, 0) is 12.1 Å². The molecule has 2 rings (SSSR count). The summed E-state index contributed by atoms with van der Waals surface area (Å²) in [5, 5.41) is 0. The summed E-state index contributed by atoms with van der Waals surface area (Å²) in [5.74, 6) is -1.39. The van der Waals surface area contributed by atoms with Crippen molar-refractivity contribution in [1.29, 1.82) is 0 Å². The first-order chi connectivity index (χ1) is 8.18. The Labute approximate surface area is 110 Å². The molecule has 2 N–H and O–H groups in total.